The molecule has 0 aliphatic carbocycles. The van der Waals surface area contributed by atoms with Crippen LogP contribution in [0.2, 0.25) is 0 Å². The molecule has 0 aromatic carbocycles. The Morgan fingerprint density at radius 3 is 2.52 bits per heavy atom. The Morgan fingerprint density at radius 1 is 1.26 bits per heavy atom. The van der Waals surface area contributed by atoms with E-state index in [0.717, 1.165) is 45.1 Å². The molecule has 2 rings (SSSR count). The number of carbonyl (C=O) groups excluding carboxylic acids is 1. The van der Waals surface area contributed by atoms with Gasteiger partial charge in [-0.25, -0.2) is 0 Å². The number of aromatic amines is 1. The molecular formula is C16H28N4O3. The number of hydrogen-bond donors (Lipinski definition) is 2. The Kier molecular flexibility index (Phi) is 5.64. The van der Waals surface area contributed by atoms with E-state index in [2.05, 4.69) is 15.3 Å². The molecule has 1 amide bonds. The molecule has 1 saturated heterocycles. The summed E-state index contributed by atoms with van der Waals surface area (Å²) in [5.74, 6) is -0.0580. The van der Waals surface area contributed by atoms with E-state index in [1.807, 2.05) is 32.4 Å². The van der Waals surface area contributed by atoms with Gasteiger partial charge in [0.2, 0.25) is 5.91 Å². The Labute approximate surface area is 137 Å². The second-order valence-electron chi connectivity index (χ2n) is 7.04. The van der Waals surface area contributed by atoms with Gasteiger partial charge in [-0.15, -0.1) is 0 Å². The van der Waals surface area contributed by atoms with Gasteiger partial charge in [-0.3, -0.25) is 24.3 Å². The lowest BCUT2D eigenvalue weighted by Crippen LogP contribution is -2.38. The number of carbonyl (C=O) groups is 1. The second kappa shape index (κ2) is 7.31. The molecule has 1 aliphatic rings. The van der Waals surface area contributed by atoms with Crippen LogP contribution in [0.1, 0.15) is 32.0 Å². The fourth-order valence-corrected chi connectivity index (χ4v) is 2.53. The van der Waals surface area contributed by atoms with Crippen LogP contribution in [0.5, 0.6) is 0 Å². The van der Waals surface area contributed by atoms with Gasteiger partial charge < -0.3 is 10.1 Å². The Bertz CT molecular complexity index is 591. The number of aromatic nitrogens is 2. The highest BCUT2D eigenvalue weighted by atomic mass is 16.5. The Hall–Kier alpha value is -1.60. The molecule has 2 N–H and O–H groups in total. The van der Waals surface area contributed by atoms with Crippen LogP contribution in [0, 0.1) is 12.3 Å². The normalized spacial score (nSPS) is 16.5. The van der Waals surface area contributed by atoms with Crippen LogP contribution in [-0.4, -0.2) is 53.4 Å². The first-order valence-electron chi connectivity index (χ1n) is 8.15. The standard InChI is InChI=1S/C16H28N4O3/c1-12-13(11-17-15(22)16(2,3)4)14(21)18-20(12)6-5-19-7-9-23-10-8-19/h5-11H2,1-4H3,(H,17,22)(H,18,21). The minimum atomic E-state index is -0.459. The van der Waals surface area contributed by atoms with Crippen molar-refractivity contribution in [2.75, 3.05) is 32.8 Å². The van der Waals surface area contributed by atoms with Crippen LogP contribution < -0.4 is 10.9 Å². The van der Waals surface area contributed by atoms with Gasteiger partial charge >= 0.3 is 0 Å². The molecule has 23 heavy (non-hydrogen) atoms. The lowest BCUT2D eigenvalue weighted by Gasteiger charge is -2.26. The number of nitrogens with one attached hydrogen (secondary N) is 2. The van der Waals surface area contributed by atoms with Crippen molar-refractivity contribution in [2.24, 2.45) is 5.41 Å². The van der Waals surface area contributed by atoms with Crippen LogP contribution in [0.15, 0.2) is 4.79 Å². The van der Waals surface area contributed by atoms with Gasteiger partial charge in [-0.1, -0.05) is 20.8 Å². The highest BCUT2D eigenvalue weighted by Crippen LogP contribution is 2.13. The number of ether oxygens (including phenoxy) is 1. The third kappa shape index (κ3) is 4.68. The summed E-state index contributed by atoms with van der Waals surface area (Å²) in [5, 5.41) is 5.71. The van der Waals surface area contributed by atoms with Crippen molar-refractivity contribution in [2.45, 2.75) is 40.8 Å². The fraction of sp³-hybridized carbons (Fsp3) is 0.750. The molecule has 0 saturated carbocycles. The summed E-state index contributed by atoms with van der Waals surface area (Å²) in [7, 11) is 0. The Morgan fingerprint density at radius 2 is 1.91 bits per heavy atom. The molecule has 1 aliphatic heterocycles. The van der Waals surface area contributed by atoms with Crippen LogP contribution in [0.25, 0.3) is 0 Å². The van der Waals surface area contributed by atoms with Gasteiger partial charge in [-0.2, -0.15) is 0 Å². The van der Waals surface area contributed by atoms with E-state index >= 15 is 0 Å². The number of amides is 1. The van der Waals surface area contributed by atoms with Crippen molar-refractivity contribution in [3.05, 3.63) is 21.6 Å². The minimum Gasteiger partial charge on any atom is -0.379 e. The van der Waals surface area contributed by atoms with Gasteiger partial charge in [0, 0.05) is 30.7 Å². The predicted molar refractivity (Wildman–Crippen MR) is 88.4 cm³/mol. The molecule has 7 nitrogen and oxygen atoms in total. The molecule has 0 radical (unpaired) electrons. The summed E-state index contributed by atoms with van der Waals surface area (Å²) in [6.45, 7) is 12.7. The SMILES string of the molecule is Cc1c(CNC(=O)C(C)(C)C)c(=O)[nH]n1CCN1CCOCC1. The predicted octanol–water partition coefficient (Wildman–Crippen LogP) is 0.479. The summed E-state index contributed by atoms with van der Waals surface area (Å²) >= 11 is 0. The topological polar surface area (TPSA) is 79.4 Å². The van der Waals surface area contributed by atoms with E-state index in [0.29, 0.717) is 5.56 Å². The van der Waals surface area contributed by atoms with E-state index in [1.165, 1.54) is 0 Å². The van der Waals surface area contributed by atoms with Gasteiger partial charge in [-0.05, 0) is 6.92 Å². The average Bonchev–Trinajstić information content (AvgIpc) is 2.77. The van der Waals surface area contributed by atoms with Gasteiger partial charge in [0.1, 0.15) is 0 Å². The number of morpholine rings is 1. The quantitative estimate of drug-likeness (QED) is 0.826. The van der Waals surface area contributed by atoms with E-state index in [1.54, 1.807) is 0 Å². The number of hydrogen-bond acceptors (Lipinski definition) is 4. The average molecular weight is 324 g/mol. The maximum absolute atomic E-state index is 12.1. The van der Waals surface area contributed by atoms with Crippen molar-refractivity contribution in [1.29, 1.82) is 0 Å². The van der Waals surface area contributed by atoms with Crippen LogP contribution in [0.4, 0.5) is 0 Å². The van der Waals surface area contributed by atoms with Gasteiger partial charge in [0.05, 0.1) is 31.9 Å². The van der Waals surface area contributed by atoms with E-state index in [9.17, 15) is 9.59 Å². The zero-order valence-electron chi connectivity index (χ0n) is 14.6. The molecule has 0 unspecified atom stereocenters. The molecule has 2 heterocycles. The molecule has 1 aromatic rings. The Balaban J connectivity index is 1.95. The highest BCUT2D eigenvalue weighted by Gasteiger charge is 2.22. The van der Waals surface area contributed by atoms with Crippen molar-refractivity contribution in [3.8, 4) is 0 Å². The molecular weight excluding hydrogens is 296 g/mol. The fourth-order valence-electron chi connectivity index (χ4n) is 2.53. The van der Waals surface area contributed by atoms with Crippen molar-refractivity contribution in [1.82, 2.24) is 20.0 Å². The van der Waals surface area contributed by atoms with Crippen molar-refractivity contribution in [3.63, 3.8) is 0 Å². The van der Waals surface area contributed by atoms with Crippen LogP contribution in [0.3, 0.4) is 0 Å². The first kappa shape index (κ1) is 17.7. The van der Waals surface area contributed by atoms with Crippen LogP contribution >= 0.6 is 0 Å². The largest absolute Gasteiger partial charge is 0.379 e. The third-order valence-corrected chi connectivity index (χ3v) is 4.20. The highest BCUT2D eigenvalue weighted by molar-refractivity contribution is 5.81. The summed E-state index contributed by atoms with van der Waals surface area (Å²) in [4.78, 5) is 26.4. The lowest BCUT2D eigenvalue weighted by molar-refractivity contribution is -0.128. The van der Waals surface area contributed by atoms with E-state index in [4.69, 9.17) is 4.74 Å². The molecule has 130 valence electrons. The third-order valence-electron chi connectivity index (χ3n) is 4.20. The minimum absolute atomic E-state index is 0.0580. The second-order valence-corrected chi connectivity index (χ2v) is 7.04. The molecule has 1 aromatic heterocycles. The monoisotopic (exact) mass is 324 g/mol. The zero-order valence-corrected chi connectivity index (χ0v) is 14.6. The number of H-pyrrole nitrogens is 1. The number of nitrogens with zero attached hydrogens (tertiary/aromatic N) is 2. The maximum Gasteiger partial charge on any atom is 0.269 e. The lowest BCUT2D eigenvalue weighted by atomic mass is 9.95. The summed E-state index contributed by atoms with van der Waals surface area (Å²) in [6.07, 6.45) is 0. The zero-order chi connectivity index (χ0) is 17.0. The first-order valence-corrected chi connectivity index (χ1v) is 8.15. The van der Waals surface area contributed by atoms with E-state index < -0.39 is 5.41 Å². The van der Waals surface area contributed by atoms with Gasteiger partial charge in [0.15, 0.2) is 0 Å². The number of rotatable bonds is 5. The summed E-state index contributed by atoms with van der Waals surface area (Å²) in [6, 6.07) is 0. The van der Waals surface area contributed by atoms with E-state index in [-0.39, 0.29) is 18.0 Å². The smallest absolute Gasteiger partial charge is 0.269 e. The molecule has 0 bridgehead atoms. The molecule has 1 fully saturated rings. The molecule has 0 spiro atoms. The van der Waals surface area contributed by atoms with Gasteiger partial charge in [0.25, 0.3) is 5.56 Å². The molecule has 7 heteroatoms. The summed E-state index contributed by atoms with van der Waals surface area (Å²) < 4.78 is 7.21. The van der Waals surface area contributed by atoms with Crippen molar-refractivity contribution < 1.29 is 9.53 Å². The summed E-state index contributed by atoms with van der Waals surface area (Å²) in [5.41, 5.74) is 0.931. The van der Waals surface area contributed by atoms with Crippen LogP contribution in [-0.2, 0) is 22.6 Å². The van der Waals surface area contributed by atoms with Crippen molar-refractivity contribution >= 4 is 5.91 Å². The maximum atomic E-state index is 12.1. The first-order chi connectivity index (χ1) is 10.8. The molecule has 0 atom stereocenters.